The lowest BCUT2D eigenvalue weighted by molar-refractivity contribution is -0.143. The van der Waals surface area contributed by atoms with Crippen molar-refractivity contribution in [1.82, 2.24) is 0 Å². The molecule has 1 saturated heterocycles. The maximum atomic E-state index is 12.6. The smallest absolute Gasteiger partial charge is 0.259 e. The molecule has 19 heavy (non-hydrogen) atoms. The summed E-state index contributed by atoms with van der Waals surface area (Å²) in [5, 5.41) is -0.733. The third kappa shape index (κ3) is 2.93. The van der Waals surface area contributed by atoms with Crippen LogP contribution in [-0.4, -0.2) is 9.96 Å². The summed E-state index contributed by atoms with van der Waals surface area (Å²) in [6, 6.07) is 1.37. The van der Waals surface area contributed by atoms with Gasteiger partial charge in [0.1, 0.15) is 0 Å². The summed E-state index contributed by atoms with van der Waals surface area (Å²) in [5.41, 5.74) is -2.88. The first-order valence-corrected chi connectivity index (χ1v) is 6.64. The van der Waals surface area contributed by atoms with Crippen molar-refractivity contribution in [3.63, 3.8) is 0 Å². The zero-order valence-electron chi connectivity index (χ0n) is 9.31. The van der Waals surface area contributed by atoms with Crippen molar-refractivity contribution in [1.29, 1.82) is 0 Å². The number of halogens is 6. The fourth-order valence-electron chi connectivity index (χ4n) is 1.82. The van der Waals surface area contributed by atoms with Crippen LogP contribution in [0.4, 0.5) is 26.3 Å². The second-order valence-electron chi connectivity index (χ2n) is 4.20. The van der Waals surface area contributed by atoms with Gasteiger partial charge < -0.3 is 0 Å². The fraction of sp³-hybridized carbons (Fsp3) is 0.455. The molecule has 1 aromatic carbocycles. The lowest BCUT2D eigenvalue weighted by atomic mass is 10.0. The van der Waals surface area contributed by atoms with E-state index >= 15 is 0 Å². The molecule has 1 nitrogen and oxygen atoms in total. The van der Waals surface area contributed by atoms with Crippen molar-refractivity contribution in [3.8, 4) is 0 Å². The summed E-state index contributed by atoms with van der Waals surface area (Å²) in [4.78, 5) is 0. The Hall–Kier alpha value is -1.05. The molecule has 0 bridgehead atoms. The van der Waals surface area contributed by atoms with E-state index in [9.17, 15) is 30.6 Å². The highest BCUT2D eigenvalue weighted by molar-refractivity contribution is 7.86. The van der Waals surface area contributed by atoms with Crippen LogP contribution in [0.15, 0.2) is 18.2 Å². The second kappa shape index (κ2) is 4.50. The molecular weight excluding hydrogens is 294 g/mol. The van der Waals surface area contributed by atoms with Gasteiger partial charge in [-0.2, -0.15) is 26.3 Å². The Morgan fingerprint density at radius 3 is 1.68 bits per heavy atom. The molecule has 0 amide bonds. The number of hydrogen-bond donors (Lipinski definition) is 0. The highest BCUT2D eigenvalue weighted by atomic mass is 32.2. The van der Waals surface area contributed by atoms with Crippen molar-refractivity contribution < 1.29 is 30.6 Å². The number of alkyl halides is 6. The van der Waals surface area contributed by atoms with Gasteiger partial charge in [-0.1, -0.05) is 0 Å². The van der Waals surface area contributed by atoms with E-state index in [0.717, 1.165) is 0 Å². The highest BCUT2D eigenvalue weighted by Crippen LogP contribution is 2.41. The molecule has 0 N–H and O–H groups in total. The van der Waals surface area contributed by atoms with Gasteiger partial charge in [-0.3, -0.25) is 4.21 Å². The first kappa shape index (κ1) is 14.4. The zero-order valence-corrected chi connectivity index (χ0v) is 10.1. The molecule has 1 aliphatic rings. The van der Waals surface area contributed by atoms with Crippen LogP contribution in [0.5, 0.6) is 0 Å². The van der Waals surface area contributed by atoms with E-state index < -0.39 is 39.5 Å². The number of benzene rings is 1. The Kier molecular flexibility index (Phi) is 3.40. The van der Waals surface area contributed by atoms with Crippen molar-refractivity contribution >= 4 is 10.8 Å². The van der Waals surface area contributed by atoms with Gasteiger partial charge in [0.2, 0.25) is 0 Å². The molecule has 2 unspecified atom stereocenters. The molecule has 0 aromatic heterocycles. The van der Waals surface area contributed by atoms with Crippen LogP contribution < -0.4 is 0 Å². The van der Waals surface area contributed by atoms with Crippen molar-refractivity contribution in [2.75, 3.05) is 5.75 Å². The minimum atomic E-state index is -4.86. The van der Waals surface area contributed by atoms with Gasteiger partial charge in [0.15, 0.2) is 0 Å². The van der Waals surface area contributed by atoms with E-state index in [1.807, 2.05) is 0 Å². The summed E-state index contributed by atoms with van der Waals surface area (Å²) in [6.07, 6.45) is -9.38. The lowest BCUT2D eigenvalue weighted by Gasteiger charge is -2.26. The Morgan fingerprint density at radius 2 is 1.42 bits per heavy atom. The van der Waals surface area contributed by atoms with Crippen LogP contribution in [0.2, 0.25) is 0 Å². The van der Waals surface area contributed by atoms with Crippen LogP contribution >= 0.6 is 0 Å². The standard InChI is InChI=1S/C11H8F6OS/c12-10(13,14)7-3-6(9-1-2-19(9)18)4-8(5-7)11(15,16)17/h3-5,9H,1-2H2. The van der Waals surface area contributed by atoms with Gasteiger partial charge in [0.05, 0.1) is 16.4 Å². The molecule has 0 saturated carbocycles. The van der Waals surface area contributed by atoms with Gasteiger partial charge in [0.25, 0.3) is 0 Å². The second-order valence-corrected chi connectivity index (χ2v) is 5.94. The predicted molar refractivity (Wildman–Crippen MR) is 56.8 cm³/mol. The average molecular weight is 302 g/mol. The summed E-state index contributed by atoms with van der Waals surface area (Å²) < 4.78 is 86.8. The van der Waals surface area contributed by atoms with Crippen LogP contribution in [0.25, 0.3) is 0 Å². The van der Waals surface area contributed by atoms with Crippen molar-refractivity contribution in [3.05, 3.63) is 34.9 Å². The van der Waals surface area contributed by atoms with Gasteiger partial charge in [-0.15, -0.1) is 0 Å². The molecule has 0 aliphatic carbocycles. The summed E-state index contributed by atoms with van der Waals surface area (Å²) >= 11 is 0. The van der Waals surface area contributed by atoms with E-state index in [0.29, 0.717) is 24.3 Å². The maximum Gasteiger partial charge on any atom is 0.416 e. The minimum absolute atomic E-state index is 0.0745. The monoisotopic (exact) mass is 302 g/mol. The molecular formula is C11H8F6OS. The van der Waals surface area contributed by atoms with E-state index in [4.69, 9.17) is 0 Å². The summed E-state index contributed by atoms with van der Waals surface area (Å²) in [5.74, 6) is 0.308. The van der Waals surface area contributed by atoms with Crippen molar-refractivity contribution in [2.24, 2.45) is 0 Å². The first-order chi connectivity index (χ1) is 8.59. The molecule has 1 heterocycles. The summed E-state index contributed by atoms with van der Waals surface area (Å²) in [6.45, 7) is 0. The topological polar surface area (TPSA) is 17.1 Å². The van der Waals surface area contributed by atoms with Gasteiger partial charge in [0, 0.05) is 16.6 Å². The zero-order chi connectivity index (χ0) is 14.4. The van der Waals surface area contributed by atoms with Crippen molar-refractivity contribution in [2.45, 2.75) is 24.0 Å². The maximum absolute atomic E-state index is 12.6. The third-order valence-electron chi connectivity index (χ3n) is 2.88. The summed E-state index contributed by atoms with van der Waals surface area (Å²) in [7, 11) is -1.39. The molecule has 2 atom stereocenters. The largest absolute Gasteiger partial charge is 0.416 e. The molecule has 8 heteroatoms. The molecule has 1 aliphatic heterocycles. The first-order valence-electron chi connectivity index (χ1n) is 5.25. The van der Waals surface area contributed by atoms with Gasteiger partial charge >= 0.3 is 12.4 Å². The lowest BCUT2D eigenvalue weighted by Crippen LogP contribution is -2.24. The van der Waals surface area contributed by atoms with Crippen LogP contribution in [0.3, 0.4) is 0 Å². The molecule has 1 aromatic rings. The third-order valence-corrected chi connectivity index (χ3v) is 4.66. The van der Waals surface area contributed by atoms with E-state index in [2.05, 4.69) is 0 Å². The Bertz CT molecular complexity index is 487. The predicted octanol–water partition coefficient (Wildman–Crippen LogP) is 3.92. The number of rotatable bonds is 1. The minimum Gasteiger partial charge on any atom is -0.259 e. The van der Waals surface area contributed by atoms with E-state index in [1.165, 1.54) is 0 Å². The van der Waals surface area contributed by atoms with E-state index in [-0.39, 0.29) is 11.6 Å². The van der Waals surface area contributed by atoms with Crippen LogP contribution in [0.1, 0.15) is 28.4 Å². The number of hydrogen-bond acceptors (Lipinski definition) is 1. The van der Waals surface area contributed by atoms with Gasteiger partial charge in [-0.05, 0) is 30.2 Å². The highest BCUT2D eigenvalue weighted by Gasteiger charge is 2.39. The molecule has 1 fully saturated rings. The quantitative estimate of drug-likeness (QED) is 0.719. The van der Waals surface area contributed by atoms with Gasteiger partial charge in [-0.25, -0.2) is 0 Å². The normalized spacial score (nSPS) is 24.1. The van der Waals surface area contributed by atoms with Crippen LogP contribution in [-0.2, 0) is 23.2 Å². The average Bonchev–Trinajstić information content (AvgIpc) is 2.24. The van der Waals surface area contributed by atoms with Crippen LogP contribution in [0, 0.1) is 0 Å². The van der Waals surface area contributed by atoms with E-state index in [1.54, 1.807) is 0 Å². The Morgan fingerprint density at radius 1 is 0.947 bits per heavy atom. The molecule has 0 spiro atoms. The Labute approximate surface area is 107 Å². The fourth-order valence-corrected chi connectivity index (χ4v) is 2.92. The Balaban J connectivity index is 2.52. The molecule has 2 rings (SSSR count). The SMILES string of the molecule is O=S1CCC1c1cc(C(F)(F)F)cc(C(F)(F)F)c1. The molecule has 0 radical (unpaired) electrons. The molecule has 106 valence electrons.